The van der Waals surface area contributed by atoms with Crippen LogP contribution in [0.25, 0.3) is 0 Å². The van der Waals surface area contributed by atoms with Crippen molar-refractivity contribution in [2.24, 2.45) is 5.92 Å². The first kappa shape index (κ1) is 16.7. The summed E-state index contributed by atoms with van der Waals surface area (Å²) in [5.74, 6) is -0.974. The molecule has 1 N–H and O–H groups in total. The van der Waals surface area contributed by atoms with E-state index in [0.29, 0.717) is 19.5 Å². The predicted molar refractivity (Wildman–Crippen MR) is 94.4 cm³/mol. The maximum absolute atomic E-state index is 12.6. The summed E-state index contributed by atoms with van der Waals surface area (Å²) in [6, 6.07) is 9.30. The lowest BCUT2D eigenvalue weighted by Gasteiger charge is -2.18. The molecule has 1 aliphatic rings. The Morgan fingerprint density at radius 1 is 1.46 bits per heavy atom. The van der Waals surface area contributed by atoms with Crippen LogP contribution in [0.4, 0.5) is 5.69 Å². The first-order valence-corrected chi connectivity index (χ1v) is 8.68. The Balaban J connectivity index is 1.61. The van der Waals surface area contributed by atoms with Crippen LogP contribution < -0.4 is 10.2 Å². The maximum Gasteiger partial charge on any atom is 0.239 e. The molecule has 0 unspecified atom stereocenters. The number of rotatable bonds is 5. The molecule has 0 spiro atoms. The largest absolute Gasteiger partial charge is 0.351 e. The van der Waals surface area contributed by atoms with Crippen molar-refractivity contribution in [3.63, 3.8) is 0 Å². The van der Waals surface area contributed by atoms with Gasteiger partial charge in [0, 0.05) is 35.1 Å². The van der Waals surface area contributed by atoms with Crippen LogP contribution in [0.2, 0.25) is 0 Å². The average molecular weight is 391 g/mol. The Bertz CT molecular complexity index is 732. The summed E-state index contributed by atoms with van der Waals surface area (Å²) >= 11 is 3.41. The van der Waals surface area contributed by atoms with Crippen LogP contribution in [0.1, 0.15) is 13.3 Å². The van der Waals surface area contributed by atoms with Crippen LogP contribution >= 0.6 is 15.9 Å². The molecule has 6 nitrogen and oxygen atoms in total. The fourth-order valence-electron chi connectivity index (χ4n) is 2.90. The second kappa shape index (κ2) is 7.17. The lowest BCUT2D eigenvalue weighted by Crippen LogP contribution is -2.42. The average Bonchev–Trinajstić information content (AvgIpc) is 3.16. The van der Waals surface area contributed by atoms with E-state index in [4.69, 9.17) is 0 Å². The van der Waals surface area contributed by atoms with E-state index in [1.165, 1.54) is 0 Å². The van der Waals surface area contributed by atoms with Gasteiger partial charge in [-0.1, -0.05) is 22.0 Å². The van der Waals surface area contributed by atoms with E-state index in [1.807, 2.05) is 43.5 Å². The van der Waals surface area contributed by atoms with Crippen molar-refractivity contribution < 1.29 is 9.59 Å². The topological polar surface area (TPSA) is 67.2 Å². The number of carbonyl (C=O) groups is 2. The minimum Gasteiger partial charge on any atom is -0.351 e. The Morgan fingerprint density at radius 3 is 3.00 bits per heavy atom. The van der Waals surface area contributed by atoms with E-state index >= 15 is 0 Å². The zero-order valence-corrected chi connectivity index (χ0v) is 14.9. The van der Waals surface area contributed by atoms with Gasteiger partial charge in [-0.15, -0.1) is 0 Å². The van der Waals surface area contributed by atoms with Gasteiger partial charge in [0.15, 0.2) is 0 Å². The third-order valence-corrected chi connectivity index (χ3v) is 4.54. The monoisotopic (exact) mass is 390 g/mol. The SMILES string of the molecule is C[C@H](Cn1cccn1)NC(=O)[C@@H]1CCN(c2cccc(Br)c2)C1=O. The molecule has 1 aliphatic heterocycles. The second-order valence-electron chi connectivity index (χ2n) is 5.95. The number of hydrogen-bond acceptors (Lipinski definition) is 3. The molecule has 2 heterocycles. The molecule has 2 atom stereocenters. The molecule has 0 saturated carbocycles. The first-order chi connectivity index (χ1) is 11.5. The number of benzene rings is 1. The molecule has 1 aromatic carbocycles. The Hall–Kier alpha value is -2.15. The summed E-state index contributed by atoms with van der Waals surface area (Å²) in [4.78, 5) is 26.7. The fourth-order valence-corrected chi connectivity index (χ4v) is 3.29. The summed E-state index contributed by atoms with van der Waals surface area (Å²) in [7, 11) is 0. The van der Waals surface area contributed by atoms with E-state index < -0.39 is 5.92 Å². The van der Waals surface area contributed by atoms with Crippen molar-refractivity contribution in [1.82, 2.24) is 15.1 Å². The summed E-state index contributed by atoms with van der Waals surface area (Å²) in [5.41, 5.74) is 0.814. The lowest BCUT2D eigenvalue weighted by molar-refractivity contribution is -0.132. The van der Waals surface area contributed by atoms with Gasteiger partial charge in [0.05, 0.1) is 6.54 Å². The Labute approximate surface area is 149 Å². The van der Waals surface area contributed by atoms with Crippen molar-refractivity contribution in [2.45, 2.75) is 25.9 Å². The summed E-state index contributed by atoms with van der Waals surface area (Å²) < 4.78 is 2.67. The van der Waals surface area contributed by atoms with Crippen molar-refractivity contribution in [1.29, 1.82) is 0 Å². The fraction of sp³-hybridized carbons (Fsp3) is 0.353. The highest BCUT2D eigenvalue weighted by Crippen LogP contribution is 2.27. The molecule has 1 aromatic heterocycles. The molecule has 0 aliphatic carbocycles. The van der Waals surface area contributed by atoms with E-state index in [2.05, 4.69) is 26.3 Å². The number of hydrogen-bond donors (Lipinski definition) is 1. The normalized spacial score (nSPS) is 18.7. The van der Waals surface area contributed by atoms with E-state index in [0.717, 1.165) is 10.2 Å². The number of anilines is 1. The lowest BCUT2D eigenvalue weighted by atomic mass is 10.1. The highest BCUT2D eigenvalue weighted by Gasteiger charge is 2.37. The predicted octanol–water partition coefficient (Wildman–Crippen LogP) is 2.20. The van der Waals surface area contributed by atoms with E-state index in [-0.39, 0.29) is 17.9 Å². The van der Waals surface area contributed by atoms with Gasteiger partial charge in [0.1, 0.15) is 5.92 Å². The molecule has 3 rings (SSSR count). The molecule has 7 heteroatoms. The van der Waals surface area contributed by atoms with Crippen LogP contribution in [0.15, 0.2) is 47.2 Å². The quantitative estimate of drug-likeness (QED) is 0.795. The van der Waals surface area contributed by atoms with Gasteiger partial charge in [0.25, 0.3) is 0 Å². The minimum atomic E-state index is -0.621. The van der Waals surface area contributed by atoms with Crippen LogP contribution in [-0.2, 0) is 16.1 Å². The van der Waals surface area contributed by atoms with Gasteiger partial charge < -0.3 is 10.2 Å². The van der Waals surface area contributed by atoms with Crippen LogP contribution in [0.5, 0.6) is 0 Å². The van der Waals surface area contributed by atoms with Gasteiger partial charge >= 0.3 is 0 Å². The minimum absolute atomic E-state index is 0.0925. The number of nitrogens with zero attached hydrogens (tertiary/aromatic N) is 3. The third-order valence-electron chi connectivity index (χ3n) is 4.05. The van der Waals surface area contributed by atoms with Gasteiger partial charge in [0.2, 0.25) is 11.8 Å². The second-order valence-corrected chi connectivity index (χ2v) is 6.86. The van der Waals surface area contributed by atoms with Crippen molar-refractivity contribution in [3.8, 4) is 0 Å². The molecular weight excluding hydrogens is 372 g/mol. The summed E-state index contributed by atoms with van der Waals surface area (Å²) in [6.07, 6.45) is 4.08. The van der Waals surface area contributed by atoms with Crippen molar-refractivity contribution in [2.75, 3.05) is 11.4 Å². The van der Waals surface area contributed by atoms with E-state index in [9.17, 15) is 9.59 Å². The molecule has 2 aromatic rings. The number of nitrogens with one attached hydrogen (secondary N) is 1. The molecular formula is C17H19BrN4O2. The molecule has 1 saturated heterocycles. The Morgan fingerprint density at radius 2 is 2.29 bits per heavy atom. The Kier molecular flexibility index (Phi) is 4.99. The van der Waals surface area contributed by atoms with Gasteiger partial charge in [-0.25, -0.2) is 0 Å². The van der Waals surface area contributed by atoms with Crippen molar-refractivity contribution in [3.05, 3.63) is 47.2 Å². The molecule has 0 radical (unpaired) electrons. The molecule has 126 valence electrons. The van der Waals surface area contributed by atoms with Crippen molar-refractivity contribution >= 4 is 33.4 Å². The van der Waals surface area contributed by atoms with Gasteiger partial charge in [-0.2, -0.15) is 5.10 Å². The summed E-state index contributed by atoms with van der Waals surface area (Å²) in [5, 5.41) is 7.04. The van der Waals surface area contributed by atoms with Gasteiger partial charge in [-0.3, -0.25) is 14.3 Å². The molecule has 24 heavy (non-hydrogen) atoms. The standard InChI is InChI=1S/C17H19BrN4O2/c1-12(11-21-8-3-7-19-21)20-16(23)15-6-9-22(17(15)24)14-5-2-4-13(18)10-14/h2-5,7-8,10,12,15H,6,9,11H2,1H3,(H,20,23)/t12-,15+/m1/s1. The molecule has 1 fully saturated rings. The molecule has 0 bridgehead atoms. The van der Waals surface area contributed by atoms with Crippen LogP contribution in [-0.4, -0.2) is 34.2 Å². The van der Waals surface area contributed by atoms with Crippen LogP contribution in [0, 0.1) is 5.92 Å². The zero-order chi connectivity index (χ0) is 17.1. The maximum atomic E-state index is 12.6. The number of aromatic nitrogens is 2. The molecule has 2 amide bonds. The van der Waals surface area contributed by atoms with Gasteiger partial charge in [-0.05, 0) is 37.6 Å². The summed E-state index contributed by atoms with van der Waals surface area (Å²) in [6.45, 7) is 3.04. The number of carbonyl (C=O) groups excluding carboxylic acids is 2. The smallest absolute Gasteiger partial charge is 0.239 e. The zero-order valence-electron chi connectivity index (χ0n) is 13.4. The van der Waals surface area contributed by atoms with E-state index in [1.54, 1.807) is 15.8 Å². The third kappa shape index (κ3) is 3.67. The number of amides is 2. The van der Waals surface area contributed by atoms with Crippen LogP contribution in [0.3, 0.4) is 0 Å². The highest BCUT2D eigenvalue weighted by atomic mass is 79.9. The highest BCUT2D eigenvalue weighted by molar-refractivity contribution is 9.10. The first-order valence-electron chi connectivity index (χ1n) is 7.89. The number of halogens is 1.